The maximum absolute atomic E-state index is 11.9. The lowest BCUT2D eigenvalue weighted by atomic mass is 10.1. The minimum Gasteiger partial charge on any atom is -0.481 e. The van der Waals surface area contributed by atoms with Crippen LogP contribution in [0.3, 0.4) is 0 Å². The van der Waals surface area contributed by atoms with Crippen LogP contribution in [0.1, 0.15) is 12.0 Å². The van der Waals surface area contributed by atoms with Crippen LogP contribution in [0.5, 0.6) is 0 Å². The van der Waals surface area contributed by atoms with Crippen LogP contribution in [0.4, 0.5) is 5.13 Å². The number of hydrogen-bond donors (Lipinski definition) is 1. The highest BCUT2D eigenvalue weighted by atomic mass is 32.1. The minimum absolute atomic E-state index is 0.0598. The van der Waals surface area contributed by atoms with Crippen molar-refractivity contribution in [2.24, 2.45) is 5.92 Å². The van der Waals surface area contributed by atoms with E-state index in [1.807, 2.05) is 25.1 Å². The Morgan fingerprint density at radius 3 is 3.00 bits per heavy atom. The van der Waals surface area contributed by atoms with Crippen LogP contribution in [0.25, 0.3) is 10.2 Å². The Bertz CT molecular complexity index is 680. The van der Waals surface area contributed by atoms with Crippen molar-refractivity contribution in [3.8, 4) is 0 Å². The summed E-state index contributed by atoms with van der Waals surface area (Å²) in [7, 11) is 0. The fourth-order valence-corrected chi connectivity index (χ4v) is 3.28. The lowest BCUT2D eigenvalue weighted by molar-refractivity contribution is -0.141. The Morgan fingerprint density at radius 1 is 1.53 bits per heavy atom. The van der Waals surface area contributed by atoms with Crippen LogP contribution < -0.4 is 4.90 Å². The normalized spacial score (nSPS) is 19.3. The molecule has 1 aromatic heterocycles. The van der Waals surface area contributed by atoms with E-state index in [1.165, 1.54) is 16.2 Å². The summed E-state index contributed by atoms with van der Waals surface area (Å²) in [5, 5.41) is 9.57. The molecule has 0 radical (unpaired) electrons. The van der Waals surface area contributed by atoms with E-state index in [0.29, 0.717) is 5.13 Å². The van der Waals surface area contributed by atoms with Gasteiger partial charge >= 0.3 is 5.97 Å². The van der Waals surface area contributed by atoms with E-state index in [2.05, 4.69) is 4.98 Å². The molecule has 1 amide bonds. The summed E-state index contributed by atoms with van der Waals surface area (Å²) in [6, 6.07) is 5.91. The molecule has 0 saturated carbocycles. The van der Waals surface area contributed by atoms with E-state index < -0.39 is 11.9 Å². The molecule has 3 rings (SSSR count). The molecule has 2 heterocycles. The molecule has 1 aliphatic heterocycles. The molecule has 0 unspecified atom stereocenters. The molecule has 6 heteroatoms. The Kier molecular flexibility index (Phi) is 2.74. The number of fused-ring (bicyclic) bond motifs is 1. The summed E-state index contributed by atoms with van der Waals surface area (Å²) < 4.78 is 1.02. The van der Waals surface area contributed by atoms with Gasteiger partial charge in [-0.2, -0.15) is 0 Å². The Hall–Kier alpha value is -1.95. The summed E-state index contributed by atoms with van der Waals surface area (Å²) in [4.78, 5) is 28.7. The Balaban J connectivity index is 1.96. The minimum atomic E-state index is -0.923. The van der Waals surface area contributed by atoms with Gasteiger partial charge in [-0.15, -0.1) is 0 Å². The van der Waals surface area contributed by atoms with Gasteiger partial charge in [0.2, 0.25) is 5.91 Å². The number of aryl methyl sites for hydroxylation is 1. The molecule has 1 fully saturated rings. The van der Waals surface area contributed by atoms with Crippen molar-refractivity contribution in [3.05, 3.63) is 23.8 Å². The zero-order valence-electron chi connectivity index (χ0n) is 10.3. The maximum atomic E-state index is 11.9. The second kappa shape index (κ2) is 4.31. The van der Waals surface area contributed by atoms with E-state index >= 15 is 0 Å². The average Bonchev–Trinajstić information content (AvgIpc) is 2.91. The number of carboxylic acids is 1. The summed E-state index contributed by atoms with van der Waals surface area (Å²) in [5.41, 5.74) is 1.98. The molecule has 0 spiro atoms. The predicted octanol–water partition coefficient (Wildman–Crippen LogP) is 2.04. The summed E-state index contributed by atoms with van der Waals surface area (Å²) in [6.45, 7) is 2.22. The number of carboxylic acid groups (broad SMARTS) is 1. The topological polar surface area (TPSA) is 70.5 Å². The molecule has 5 nitrogen and oxygen atoms in total. The maximum Gasteiger partial charge on any atom is 0.308 e. The van der Waals surface area contributed by atoms with E-state index in [9.17, 15) is 9.59 Å². The first kappa shape index (κ1) is 12.1. The number of aliphatic carboxylic acids is 1. The third kappa shape index (κ3) is 2.08. The number of benzene rings is 1. The van der Waals surface area contributed by atoms with Crippen molar-refractivity contribution in [1.82, 2.24) is 4.98 Å². The molecule has 98 valence electrons. The number of thiazole rings is 1. The van der Waals surface area contributed by atoms with E-state index in [-0.39, 0.29) is 18.9 Å². The van der Waals surface area contributed by atoms with Crippen molar-refractivity contribution in [2.45, 2.75) is 13.3 Å². The first-order valence-corrected chi connectivity index (χ1v) is 6.76. The van der Waals surface area contributed by atoms with Gasteiger partial charge in [0, 0.05) is 13.0 Å². The molecule has 1 aliphatic rings. The second-order valence-electron chi connectivity index (χ2n) is 4.71. The summed E-state index contributed by atoms with van der Waals surface area (Å²) >= 11 is 1.43. The molecule has 1 atom stereocenters. The molecular weight excluding hydrogens is 264 g/mol. The van der Waals surface area contributed by atoms with Gasteiger partial charge in [-0.25, -0.2) is 4.98 Å². The lowest BCUT2D eigenvalue weighted by Gasteiger charge is -2.10. The highest BCUT2D eigenvalue weighted by Crippen LogP contribution is 2.33. The first-order chi connectivity index (χ1) is 9.04. The Morgan fingerprint density at radius 2 is 2.32 bits per heavy atom. The first-order valence-electron chi connectivity index (χ1n) is 5.95. The zero-order valence-corrected chi connectivity index (χ0v) is 11.1. The summed E-state index contributed by atoms with van der Waals surface area (Å²) in [5.74, 6) is -1.71. The molecule has 19 heavy (non-hydrogen) atoms. The van der Waals surface area contributed by atoms with Gasteiger partial charge in [0.25, 0.3) is 0 Å². The third-order valence-corrected chi connectivity index (χ3v) is 4.28. The van der Waals surface area contributed by atoms with Crippen LogP contribution >= 0.6 is 11.3 Å². The van der Waals surface area contributed by atoms with Gasteiger partial charge in [-0.1, -0.05) is 17.4 Å². The number of nitrogens with zero attached hydrogens (tertiary/aromatic N) is 2. The lowest BCUT2D eigenvalue weighted by Crippen LogP contribution is -2.25. The molecular formula is C13H12N2O3S. The number of carbonyl (C=O) groups excluding carboxylic acids is 1. The van der Waals surface area contributed by atoms with Crippen LogP contribution in [0.2, 0.25) is 0 Å². The molecule has 0 aliphatic carbocycles. The number of anilines is 1. The van der Waals surface area contributed by atoms with Crippen molar-refractivity contribution in [1.29, 1.82) is 0 Å². The van der Waals surface area contributed by atoms with Crippen molar-refractivity contribution < 1.29 is 14.7 Å². The molecule has 1 aromatic carbocycles. The predicted molar refractivity (Wildman–Crippen MR) is 72.5 cm³/mol. The van der Waals surface area contributed by atoms with Crippen molar-refractivity contribution >= 4 is 38.6 Å². The van der Waals surface area contributed by atoms with Crippen molar-refractivity contribution in [2.75, 3.05) is 11.4 Å². The average molecular weight is 276 g/mol. The van der Waals surface area contributed by atoms with Gasteiger partial charge in [-0.05, 0) is 24.6 Å². The van der Waals surface area contributed by atoms with Gasteiger partial charge < -0.3 is 5.11 Å². The monoisotopic (exact) mass is 276 g/mol. The van der Waals surface area contributed by atoms with E-state index in [1.54, 1.807) is 0 Å². The molecule has 0 bridgehead atoms. The largest absolute Gasteiger partial charge is 0.481 e. The van der Waals surface area contributed by atoms with Gasteiger partial charge in [0.05, 0.1) is 16.1 Å². The number of carbonyl (C=O) groups is 2. The number of amides is 1. The van der Waals surface area contributed by atoms with Crippen LogP contribution in [-0.4, -0.2) is 28.5 Å². The second-order valence-corrected chi connectivity index (χ2v) is 5.72. The fraction of sp³-hybridized carbons (Fsp3) is 0.308. The highest BCUT2D eigenvalue weighted by molar-refractivity contribution is 7.22. The SMILES string of the molecule is Cc1ccc2nc(N3C[C@H](C(=O)O)CC3=O)sc2c1. The summed E-state index contributed by atoms with van der Waals surface area (Å²) in [6.07, 6.45) is 0.0598. The smallest absolute Gasteiger partial charge is 0.308 e. The zero-order chi connectivity index (χ0) is 13.6. The number of rotatable bonds is 2. The van der Waals surface area contributed by atoms with Crippen LogP contribution in [0.15, 0.2) is 18.2 Å². The fourth-order valence-electron chi connectivity index (χ4n) is 2.19. The number of aromatic nitrogens is 1. The van der Waals surface area contributed by atoms with Crippen LogP contribution in [0, 0.1) is 12.8 Å². The van der Waals surface area contributed by atoms with Gasteiger partial charge in [0.1, 0.15) is 0 Å². The van der Waals surface area contributed by atoms with Gasteiger partial charge in [-0.3, -0.25) is 14.5 Å². The third-order valence-electron chi connectivity index (χ3n) is 3.24. The van der Waals surface area contributed by atoms with E-state index in [0.717, 1.165) is 15.8 Å². The number of hydrogen-bond acceptors (Lipinski definition) is 4. The molecule has 2 aromatic rings. The van der Waals surface area contributed by atoms with Crippen LogP contribution in [-0.2, 0) is 9.59 Å². The molecule has 1 N–H and O–H groups in total. The Labute approximate surface area is 113 Å². The highest BCUT2D eigenvalue weighted by Gasteiger charge is 2.36. The quantitative estimate of drug-likeness (QED) is 0.911. The van der Waals surface area contributed by atoms with E-state index in [4.69, 9.17) is 5.11 Å². The molecule has 1 saturated heterocycles. The van der Waals surface area contributed by atoms with Crippen molar-refractivity contribution in [3.63, 3.8) is 0 Å². The standard InChI is InChI=1S/C13H12N2O3S/c1-7-2-3-9-10(4-7)19-13(14-9)15-6-8(12(17)18)5-11(15)16/h2-4,8H,5-6H2,1H3,(H,17,18)/t8-/m1/s1. The van der Waals surface area contributed by atoms with Gasteiger partial charge in [0.15, 0.2) is 5.13 Å².